The summed E-state index contributed by atoms with van der Waals surface area (Å²) in [5.41, 5.74) is -0.657. The molecule has 8 heteroatoms. The minimum atomic E-state index is -4.09. The van der Waals surface area contributed by atoms with E-state index in [9.17, 15) is 18.3 Å². The molecular formula is C18H17Cl2NO4S. The van der Waals surface area contributed by atoms with Crippen molar-refractivity contribution in [3.05, 3.63) is 64.1 Å². The number of benzene rings is 2. The molecule has 1 unspecified atom stereocenters. The van der Waals surface area contributed by atoms with Gasteiger partial charge in [0.1, 0.15) is 5.54 Å². The quantitative estimate of drug-likeness (QED) is 0.820. The van der Waals surface area contributed by atoms with E-state index >= 15 is 0 Å². The van der Waals surface area contributed by atoms with Crippen molar-refractivity contribution in [1.29, 1.82) is 0 Å². The highest BCUT2D eigenvalue weighted by Crippen LogP contribution is 2.42. The lowest BCUT2D eigenvalue weighted by atomic mass is 9.90. The van der Waals surface area contributed by atoms with Crippen LogP contribution in [0.4, 0.5) is 0 Å². The second-order valence-corrected chi connectivity index (χ2v) is 9.27. The molecule has 2 atom stereocenters. The SMILES string of the molecule is CC1(C(=O)O)C[C@@H](c2ccccc2)CN1S(=O)(=O)c1cc(Cl)cc(Cl)c1. The summed E-state index contributed by atoms with van der Waals surface area (Å²) < 4.78 is 27.4. The second-order valence-electron chi connectivity index (χ2n) is 6.53. The Labute approximate surface area is 162 Å². The molecule has 0 amide bonds. The first-order valence-corrected chi connectivity index (χ1v) is 10.1. The van der Waals surface area contributed by atoms with Gasteiger partial charge in [-0.25, -0.2) is 8.42 Å². The maximum absolute atomic E-state index is 13.2. The summed E-state index contributed by atoms with van der Waals surface area (Å²) in [6.07, 6.45) is 0.180. The zero-order valence-corrected chi connectivity index (χ0v) is 16.2. The molecule has 1 N–H and O–H groups in total. The van der Waals surface area contributed by atoms with Crippen molar-refractivity contribution in [2.75, 3.05) is 6.54 Å². The number of carbonyl (C=O) groups is 1. The van der Waals surface area contributed by atoms with Gasteiger partial charge in [-0.3, -0.25) is 4.79 Å². The van der Waals surface area contributed by atoms with Gasteiger partial charge < -0.3 is 5.11 Å². The number of carboxylic acids is 1. The summed E-state index contributed by atoms with van der Waals surface area (Å²) in [5.74, 6) is -1.41. The maximum atomic E-state index is 13.2. The Balaban J connectivity index is 2.07. The first kappa shape index (κ1) is 19.2. The molecule has 1 heterocycles. The highest BCUT2D eigenvalue weighted by molar-refractivity contribution is 7.89. The molecule has 1 aliphatic heterocycles. The summed E-state index contributed by atoms with van der Waals surface area (Å²) in [4.78, 5) is 11.8. The van der Waals surface area contributed by atoms with Crippen LogP contribution in [0.5, 0.6) is 0 Å². The van der Waals surface area contributed by atoms with Gasteiger partial charge in [0, 0.05) is 22.5 Å². The lowest BCUT2D eigenvalue weighted by Crippen LogP contribution is -2.50. The third kappa shape index (κ3) is 3.34. The zero-order valence-electron chi connectivity index (χ0n) is 13.9. The maximum Gasteiger partial charge on any atom is 0.324 e. The largest absolute Gasteiger partial charge is 0.480 e. The fourth-order valence-corrected chi connectivity index (χ4v) is 5.88. The minimum absolute atomic E-state index is 0.0687. The molecular weight excluding hydrogens is 397 g/mol. The van der Waals surface area contributed by atoms with Crippen LogP contribution in [0.3, 0.4) is 0 Å². The van der Waals surface area contributed by atoms with Crippen LogP contribution in [-0.4, -0.2) is 35.9 Å². The van der Waals surface area contributed by atoms with Crippen molar-refractivity contribution >= 4 is 39.2 Å². The number of hydrogen-bond donors (Lipinski definition) is 1. The summed E-state index contributed by atoms with van der Waals surface area (Å²) in [7, 11) is -4.09. The van der Waals surface area contributed by atoms with Crippen LogP contribution in [0.25, 0.3) is 0 Å². The summed E-state index contributed by atoms with van der Waals surface area (Å²) in [6, 6.07) is 13.3. The first-order chi connectivity index (χ1) is 12.1. The molecule has 26 heavy (non-hydrogen) atoms. The van der Waals surface area contributed by atoms with E-state index in [-0.39, 0.29) is 33.8 Å². The van der Waals surface area contributed by atoms with Crippen molar-refractivity contribution in [1.82, 2.24) is 4.31 Å². The van der Waals surface area contributed by atoms with Gasteiger partial charge in [-0.15, -0.1) is 0 Å². The number of hydrogen-bond acceptors (Lipinski definition) is 3. The number of rotatable bonds is 4. The predicted octanol–water partition coefficient (Wildman–Crippen LogP) is 4.01. The van der Waals surface area contributed by atoms with Gasteiger partial charge in [-0.1, -0.05) is 53.5 Å². The van der Waals surface area contributed by atoms with Crippen molar-refractivity contribution < 1.29 is 18.3 Å². The number of aliphatic carboxylic acids is 1. The standard InChI is InChI=1S/C18H17Cl2NO4S/c1-18(17(22)23)10-13(12-5-3-2-4-6-12)11-21(18)26(24,25)16-8-14(19)7-15(20)9-16/h2-9,13H,10-11H2,1H3,(H,22,23)/t13-,18?/m1/s1. The van der Waals surface area contributed by atoms with Gasteiger partial charge in [0.15, 0.2) is 0 Å². The average Bonchev–Trinajstić information content (AvgIpc) is 2.95. The third-order valence-electron chi connectivity index (χ3n) is 4.74. The van der Waals surface area contributed by atoms with Crippen molar-refractivity contribution in [2.24, 2.45) is 0 Å². The van der Waals surface area contributed by atoms with Crippen molar-refractivity contribution in [3.8, 4) is 0 Å². The van der Waals surface area contributed by atoms with Crippen LogP contribution in [0.2, 0.25) is 10.0 Å². The highest BCUT2D eigenvalue weighted by Gasteiger charge is 2.53. The molecule has 138 valence electrons. The molecule has 0 radical (unpaired) electrons. The van der Waals surface area contributed by atoms with E-state index in [1.807, 2.05) is 30.3 Å². The fourth-order valence-electron chi connectivity index (χ4n) is 3.36. The molecule has 0 bridgehead atoms. The Kier molecular flexibility index (Phi) is 5.05. The molecule has 1 fully saturated rings. The molecule has 2 aromatic rings. The second kappa shape index (κ2) is 6.85. The van der Waals surface area contributed by atoms with E-state index in [4.69, 9.17) is 23.2 Å². The Morgan fingerprint density at radius 1 is 1.15 bits per heavy atom. The van der Waals surface area contributed by atoms with E-state index in [0.29, 0.717) is 0 Å². The third-order valence-corrected chi connectivity index (χ3v) is 7.14. The number of sulfonamides is 1. The van der Waals surface area contributed by atoms with Crippen molar-refractivity contribution in [3.63, 3.8) is 0 Å². The fraction of sp³-hybridized carbons (Fsp3) is 0.278. The van der Waals surface area contributed by atoms with Crippen molar-refractivity contribution in [2.45, 2.75) is 29.7 Å². The van der Waals surface area contributed by atoms with Crippen LogP contribution in [0.1, 0.15) is 24.8 Å². The van der Waals surface area contributed by atoms with Crippen LogP contribution < -0.4 is 0 Å². The van der Waals surface area contributed by atoms with E-state index in [2.05, 4.69) is 0 Å². The Bertz CT molecular complexity index is 929. The molecule has 2 aromatic carbocycles. The summed E-state index contributed by atoms with van der Waals surface area (Å²) >= 11 is 11.9. The molecule has 0 spiro atoms. The monoisotopic (exact) mass is 413 g/mol. The van der Waals surface area contributed by atoms with E-state index in [0.717, 1.165) is 9.87 Å². The number of nitrogens with zero attached hydrogens (tertiary/aromatic N) is 1. The average molecular weight is 414 g/mol. The predicted molar refractivity (Wildman–Crippen MR) is 100 cm³/mol. The topological polar surface area (TPSA) is 74.7 Å². The Hall–Kier alpha value is -1.60. The normalized spacial score (nSPS) is 23.9. The molecule has 3 rings (SSSR count). The van der Waals surface area contributed by atoms with Crippen LogP contribution >= 0.6 is 23.2 Å². The molecule has 5 nitrogen and oxygen atoms in total. The van der Waals surface area contributed by atoms with Gasteiger partial charge in [0.25, 0.3) is 0 Å². The Morgan fingerprint density at radius 2 is 1.73 bits per heavy atom. The molecule has 0 aliphatic carbocycles. The molecule has 0 aromatic heterocycles. The minimum Gasteiger partial charge on any atom is -0.480 e. The summed E-state index contributed by atoms with van der Waals surface area (Å²) in [5, 5.41) is 10.1. The van der Waals surface area contributed by atoms with Gasteiger partial charge in [0.2, 0.25) is 10.0 Å². The first-order valence-electron chi connectivity index (χ1n) is 7.92. The van der Waals surface area contributed by atoms with E-state index < -0.39 is 21.5 Å². The lowest BCUT2D eigenvalue weighted by molar-refractivity contribution is -0.146. The van der Waals surface area contributed by atoms with Gasteiger partial charge in [0.05, 0.1) is 4.90 Å². The van der Waals surface area contributed by atoms with E-state index in [1.54, 1.807) is 0 Å². The highest BCUT2D eigenvalue weighted by atomic mass is 35.5. The van der Waals surface area contributed by atoms with Gasteiger partial charge in [-0.2, -0.15) is 4.31 Å². The van der Waals surface area contributed by atoms with Crippen LogP contribution in [0, 0.1) is 0 Å². The zero-order chi connectivity index (χ0) is 19.1. The molecule has 0 saturated carbocycles. The van der Waals surface area contributed by atoms with Gasteiger partial charge in [-0.05, 0) is 37.1 Å². The van der Waals surface area contributed by atoms with Crippen LogP contribution in [0.15, 0.2) is 53.4 Å². The van der Waals surface area contributed by atoms with E-state index in [1.165, 1.54) is 25.1 Å². The Morgan fingerprint density at radius 3 is 2.27 bits per heavy atom. The number of carboxylic acid groups (broad SMARTS) is 1. The molecule has 1 aliphatic rings. The smallest absolute Gasteiger partial charge is 0.324 e. The lowest BCUT2D eigenvalue weighted by Gasteiger charge is -2.30. The van der Waals surface area contributed by atoms with Gasteiger partial charge >= 0.3 is 5.97 Å². The summed E-state index contributed by atoms with van der Waals surface area (Å²) in [6.45, 7) is 1.50. The molecule has 1 saturated heterocycles. The van der Waals surface area contributed by atoms with Crippen LogP contribution in [-0.2, 0) is 14.8 Å². The number of halogens is 2.